The van der Waals surface area contributed by atoms with E-state index in [0.717, 1.165) is 12.5 Å². The molecule has 1 aliphatic carbocycles. The minimum Gasteiger partial charge on any atom is -0.329 e. The summed E-state index contributed by atoms with van der Waals surface area (Å²) in [7, 11) is 0. The Morgan fingerprint density at radius 3 is 2.67 bits per heavy atom. The monoisotopic (exact) mass is 250 g/mol. The number of aromatic nitrogens is 2. The molecule has 1 aromatic rings. The molecular formula is C14H26N4. The number of hydrogen-bond donors (Lipinski definition) is 1. The van der Waals surface area contributed by atoms with Crippen molar-refractivity contribution in [2.45, 2.75) is 45.7 Å². The maximum Gasteiger partial charge on any atom is 0.0538 e. The van der Waals surface area contributed by atoms with Crippen LogP contribution in [-0.2, 0) is 0 Å². The smallest absolute Gasteiger partial charge is 0.0538 e. The molecule has 0 aromatic carbocycles. The molecule has 0 aliphatic heterocycles. The molecule has 1 atom stereocenters. The first-order valence-corrected chi connectivity index (χ1v) is 7.13. The van der Waals surface area contributed by atoms with Crippen LogP contribution >= 0.6 is 0 Å². The third kappa shape index (κ3) is 3.12. The van der Waals surface area contributed by atoms with Gasteiger partial charge in [0.25, 0.3) is 0 Å². The molecule has 2 N–H and O–H groups in total. The summed E-state index contributed by atoms with van der Waals surface area (Å²) in [6.07, 6.45) is 6.91. The molecule has 2 rings (SSSR count). The van der Waals surface area contributed by atoms with E-state index < -0.39 is 0 Å². The van der Waals surface area contributed by atoms with E-state index in [4.69, 9.17) is 5.73 Å². The maximum absolute atomic E-state index is 5.98. The zero-order valence-corrected chi connectivity index (χ0v) is 11.8. The number of rotatable bonds is 7. The summed E-state index contributed by atoms with van der Waals surface area (Å²) in [6, 6.07) is 0.735. The van der Waals surface area contributed by atoms with Crippen molar-refractivity contribution in [3.05, 3.63) is 18.0 Å². The van der Waals surface area contributed by atoms with Crippen LogP contribution in [-0.4, -0.2) is 34.3 Å². The molecule has 1 saturated carbocycles. The lowest BCUT2D eigenvalue weighted by Crippen LogP contribution is -2.35. The Morgan fingerprint density at radius 2 is 2.22 bits per heavy atom. The highest BCUT2D eigenvalue weighted by atomic mass is 15.3. The summed E-state index contributed by atoms with van der Waals surface area (Å²) in [5.41, 5.74) is 7.24. The largest absolute Gasteiger partial charge is 0.329 e. The van der Waals surface area contributed by atoms with Crippen LogP contribution in [0.2, 0.25) is 0 Å². The Kier molecular flexibility index (Phi) is 4.40. The van der Waals surface area contributed by atoms with Gasteiger partial charge in [-0.2, -0.15) is 5.10 Å². The standard InChI is InChI=1S/C14H26N4/c1-4-17(9-12-5-6-12)14(7-15)13-8-16-18(10-13)11(2)3/h8,10-12,14H,4-7,9,15H2,1-3H3. The summed E-state index contributed by atoms with van der Waals surface area (Å²) in [4.78, 5) is 2.50. The predicted molar refractivity (Wildman–Crippen MR) is 74.4 cm³/mol. The first-order valence-electron chi connectivity index (χ1n) is 7.13. The average molecular weight is 250 g/mol. The van der Waals surface area contributed by atoms with Gasteiger partial charge >= 0.3 is 0 Å². The second kappa shape index (κ2) is 5.85. The molecule has 1 aliphatic rings. The van der Waals surface area contributed by atoms with Gasteiger partial charge < -0.3 is 5.73 Å². The van der Waals surface area contributed by atoms with Crippen LogP contribution in [0.1, 0.15) is 51.3 Å². The highest BCUT2D eigenvalue weighted by Gasteiger charge is 2.28. The van der Waals surface area contributed by atoms with Crippen LogP contribution in [0.15, 0.2) is 12.4 Å². The summed E-state index contributed by atoms with van der Waals surface area (Å²) in [5, 5.41) is 4.43. The van der Waals surface area contributed by atoms with Gasteiger partial charge in [0, 0.05) is 30.9 Å². The Balaban J connectivity index is 2.08. The zero-order chi connectivity index (χ0) is 13.1. The lowest BCUT2D eigenvalue weighted by atomic mass is 10.1. The van der Waals surface area contributed by atoms with Gasteiger partial charge in [0.2, 0.25) is 0 Å². The van der Waals surface area contributed by atoms with E-state index in [1.54, 1.807) is 0 Å². The van der Waals surface area contributed by atoms with Gasteiger partial charge in [-0.3, -0.25) is 9.58 Å². The van der Waals surface area contributed by atoms with Gasteiger partial charge in [0.1, 0.15) is 0 Å². The molecule has 1 unspecified atom stereocenters. The van der Waals surface area contributed by atoms with Crippen molar-refractivity contribution in [3.63, 3.8) is 0 Å². The second-order valence-electron chi connectivity index (χ2n) is 5.63. The highest BCUT2D eigenvalue weighted by Crippen LogP contribution is 2.32. The van der Waals surface area contributed by atoms with E-state index in [0.29, 0.717) is 18.6 Å². The van der Waals surface area contributed by atoms with Crippen molar-refractivity contribution in [3.8, 4) is 0 Å². The van der Waals surface area contributed by atoms with Crippen molar-refractivity contribution in [1.29, 1.82) is 0 Å². The fourth-order valence-corrected chi connectivity index (χ4v) is 2.41. The minimum absolute atomic E-state index is 0.322. The minimum atomic E-state index is 0.322. The molecule has 102 valence electrons. The van der Waals surface area contributed by atoms with Gasteiger partial charge in [-0.25, -0.2) is 0 Å². The molecule has 0 radical (unpaired) electrons. The van der Waals surface area contributed by atoms with E-state index in [-0.39, 0.29) is 0 Å². The molecule has 1 fully saturated rings. The van der Waals surface area contributed by atoms with Gasteiger partial charge in [-0.15, -0.1) is 0 Å². The van der Waals surface area contributed by atoms with E-state index in [1.165, 1.54) is 24.9 Å². The summed E-state index contributed by atoms with van der Waals surface area (Å²) in [6.45, 7) is 9.44. The van der Waals surface area contributed by atoms with Gasteiger partial charge in [-0.1, -0.05) is 6.92 Å². The van der Waals surface area contributed by atoms with E-state index in [2.05, 4.69) is 37.0 Å². The highest BCUT2D eigenvalue weighted by molar-refractivity contribution is 5.12. The third-order valence-corrected chi connectivity index (χ3v) is 3.80. The molecule has 18 heavy (non-hydrogen) atoms. The summed E-state index contributed by atoms with van der Waals surface area (Å²) < 4.78 is 2.02. The first-order chi connectivity index (χ1) is 8.65. The average Bonchev–Trinajstić information content (AvgIpc) is 3.03. The third-order valence-electron chi connectivity index (χ3n) is 3.80. The van der Waals surface area contributed by atoms with Crippen LogP contribution in [0.25, 0.3) is 0 Å². The topological polar surface area (TPSA) is 47.1 Å². The molecule has 0 saturated heterocycles. The lowest BCUT2D eigenvalue weighted by molar-refractivity contribution is 0.203. The normalized spacial score (nSPS) is 17.7. The molecular weight excluding hydrogens is 224 g/mol. The van der Waals surface area contributed by atoms with E-state index in [9.17, 15) is 0 Å². The van der Waals surface area contributed by atoms with Crippen LogP contribution < -0.4 is 5.73 Å². The predicted octanol–water partition coefficient (Wildman–Crippen LogP) is 2.20. The first kappa shape index (κ1) is 13.6. The van der Waals surface area contributed by atoms with Crippen molar-refractivity contribution in [2.75, 3.05) is 19.6 Å². The Labute approximate surface area is 110 Å². The number of nitrogens with two attached hydrogens (primary N) is 1. The van der Waals surface area contributed by atoms with Crippen LogP contribution in [0, 0.1) is 5.92 Å². The molecule has 0 bridgehead atoms. The summed E-state index contributed by atoms with van der Waals surface area (Å²) >= 11 is 0. The fourth-order valence-electron chi connectivity index (χ4n) is 2.41. The van der Waals surface area contributed by atoms with Gasteiger partial charge in [-0.05, 0) is 39.2 Å². The Bertz CT molecular complexity index is 368. The van der Waals surface area contributed by atoms with E-state index in [1.807, 2.05) is 10.9 Å². The van der Waals surface area contributed by atoms with Gasteiger partial charge in [0.15, 0.2) is 0 Å². The molecule has 4 nitrogen and oxygen atoms in total. The molecule has 4 heteroatoms. The quantitative estimate of drug-likeness (QED) is 0.807. The molecule has 0 spiro atoms. The Hall–Kier alpha value is -0.870. The zero-order valence-electron chi connectivity index (χ0n) is 11.8. The fraction of sp³-hybridized carbons (Fsp3) is 0.786. The maximum atomic E-state index is 5.98. The van der Waals surface area contributed by atoms with Crippen molar-refractivity contribution in [2.24, 2.45) is 11.7 Å². The number of hydrogen-bond acceptors (Lipinski definition) is 3. The second-order valence-corrected chi connectivity index (χ2v) is 5.63. The van der Waals surface area contributed by atoms with Crippen molar-refractivity contribution in [1.82, 2.24) is 14.7 Å². The summed E-state index contributed by atoms with van der Waals surface area (Å²) in [5.74, 6) is 0.902. The number of likely N-dealkylation sites (N-methyl/N-ethyl adjacent to an activating group) is 1. The number of nitrogens with zero attached hydrogens (tertiary/aromatic N) is 3. The van der Waals surface area contributed by atoms with Crippen LogP contribution in [0.5, 0.6) is 0 Å². The van der Waals surface area contributed by atoms with Crippen molar-refractivity contribution < 1.29 is 0 Å². The van der Waals surface area contributed by atoms with Gasteiger partial charge in [0.05, 0.1) is 12.2 Å². The van der Waals surface area contributed by atoms with E-state index >= 15 is 0 Å². The molecule has 1 aromatic heterocycles. The Morgan fingerprint density at radius 1 is 1.50 bits per heavy atom. The molecule has 0 amide bonds. The SMILES string of the molecule is CCN(CC1CC1)C(CN)c1cnn(C(C)C)c1. The van der Waals surface area contributed by atoms with Crippen molar-refractivity contribution >= 4 is 0 Å². The van der Waals surface area contributed by atoms with Crippen LogP contribution in [0.3, 0.4) is 0 Å². The van der Waals surface area contributed by atoms with Crippen LogP contribution in [0.4, 0.5) is 0 Å². The lowest BCUT2D eigenvalue weighted by Gasteiger charge is -2.29. The molecule has 1 heterocycles.